The van der Waals surface area contributed by atoms with E-state index in [-0.39, 0.29) is 32.7 Å². The highest BCUT2D eigenvalue weighted by Crippen LogP contribution is 2.37. The summed E-state index contributed by atoms with van der Waals surface area (Å²) in [6.07, 6.45) is 1.75. The normalized spacial score (nSPS) is 23.2. The van der Waals surface area contributed by atoms with Crippen LogP contribution in [0.15, 0.2) is 28.8 Å². The first-order chi connectivity index (χ1) is 13.3. The number of dihydropyridines is 1. The van der Waals surface area contributed by atoms with Crippen molar-refractivity contribution in [1.29, 1.82) is 0 Å². The van der Waals surface area contributed by atoms with E-state index in [1.54, 1.807) is 18.2 Å². The standard InChI is InChI=1S/C21H25BCl3NO3/c1-11(2)13-9-17(26-10-16(13)25)19(27)18-14(23)7-12(8-15(18)24)22-28-20(3,4)21(5,6)29-22/h7-9,11,16H,10H2,1-6H3. The molecule has 0 saturated carbocycles. The van der Waals surface area contributed by atoms with Gasteiger partial charge in [0.15, 0.2) is 0 Å². The fourth-order valence-corrected chi connectivity index (χ4v) is 4.36. The molecular formula is C21H25BCl3NO3. The van der Waals surface area contributed by atoms with Crippen molar-refractivity contribution in [2.24, 2.45) is 10.9 Å². The minimum absolute atomic E-state index is 0.205. The molecule has 2 heterocycles. The van der Waals surface area contributed by atoms with Gasteiger partial charge in [0.1, 0.15) is 5.71 Å². The molecule has 1 unspecified atom stereocenters. The first kappa shape index (κ1) is 22.8. The third-order valence-corrected chi connectivity index (χ3v) is 6.79. The Kier molecular flexibility index (Phi) is 6.31. The van der Waals surface area contributed by atoms with Crippen molar-refractivity contribution < 1.29 is 14.1 Å². The highest BCUT2D eigenvalue weighted by Gasteiger charge is 2.52. The van der Waals surface area contributed by atoms with E-state index in [2.05, 4.69) is 4.99 Å². The molecule has 156 valence electrons. The van der Waals surface area contributed by atoms with Gasteiger partial charge in [-0.2, -0.15) is 0 Å². The molecule has 1 fully saturated rings. The molecule has 4 nitrogen and oxygen atoms in total. The average Bonchev–Trinajstić information content (AvgIpc) is 2.82. The number of nitrogens with zero attached hydrogens (tertiary/aromatic N) is 1. The minimum Gasteiger partial charge on any atom is -0.399 e. The van der Waals surface area contributed by atoms with Crippen LogP contribution in [0.2, 0.25) is 10.0 Å². The van der Waals surface area contributed by atoms with E-state index in [4.69, 9.17) is 44.1 Å². The van der Waals surface area contributed by atoms with Gasteiger partial charge in [-0.1, -0.05) is 37.0 Å². The molecule has 29 heavy (non-hydrogen) atoms. The number of ketones is 1. The van der Waals surface area contributed by atoms with Gasteiger partial charge in [-0.25, -0.2) is 0 Å². The molecule has 0 aliphatic carbocycles. The number of rotatable bonds is 4. The van der Waals surface area contributed by atoms with Crippen molar-refractivity contribution in [3.8, 4) is 0 Å². The van der Waals surface area contributed by atoms with Crippen LogP contribution in [0.1, 0.15) is 51.9 Å². The van der Waals surface area contributed by atoms with Crippen LogP contribution in [0.5, 0.6) is 0 Å². The van der Waals surface area contributed by atoms with Gasteiger partial charge in [-0.3, -0.25) is 9.79 Å². The second-order valence-corrected chi connectivity index (χ2v) is 10.1. The summed E-state index contributed by atoms with van der Waals surface area (Å²) in [7, 11) is -0.615. The molecule has 1 saturated heterocycles. The molecule has 0 amide bonds. The molecule has 0 bridgehead atoms. The first-order valence-corrected chi connectivity index (χ1v) is 10.8. The molecule has 0 N–H and O–H groups in total. The number of alkyl halides is 1. The summed E-state index contributed by atoms with van der Waals surface area (Å²) >= 11 is 19.3. The van der Waals surface area contributed by atoms with Crippen LogP contribution in [-0.2, 0) is 9.31 Å². The van der Waals surface area contributed by atoms with Gasteiger partial charge >= 0.3 is 7.12 Å². The lowest BCUT2D eigenvalue weighted by Crippen LogP contribution is -2.41. The van der Waals surface area contributed by atoms with E-state index in [9.17, 15) is 4.79 Å². The van der Waals surface area contributed by atoms with Gasteiger partial charge in [0.25, 0.3) is 0 Å². The monoisotopic (exact) mass is 455 g/mol. The third kappa shape index (κ3) is 4.31. The predicted octanol–water partition coefficient (Wildman–Crippen LogP) is 5.12. The van der Waals surface area contributed by atoms with Crippen LogP contribution in [0.3, 0.4) is 0 Å². The summed E-state index contributed by atoms with van der Waals surface area (Å²) in [6.45, 7) is 12.3. The highest BCUT2D eigenvalue weighted by molar-refractivity contribution is 6.63. The van der Waals surface area contributed by atoms with Crippen molar-refractivity contribution >= 4 is 58.9 Å². The van der Waals surface area contributed by atoms with Gasteiger partial charge in [0.2, 0.25) is 5.78 Å². The Hall–Kier alpha value is -0.845. The van der Waals surface area contributed by atoms with Crippen molar-refractivity contribution in [2.75, 3.05) is 6.54 Å². The van der Waals surface area contributed by atoms with Crippen LogP contribution in [0, 0.1) is 5.92 Å². The first-order valence-electron chi connectivity index (χ1n) is 9.63. The topological polar surface area (TPSA) is 47.9 Å². The van der Waals surface area contributed by atoms with Crippen LogP contribution in [0.4, 0.5) is 0 Å². The lowest BCUT2D eigenvalue weighted by atomic mass is 9.78. The number of halogens is 3. The van der Waals surface area contributed by atoms with Crippen molar-refractivity contribution in [2.45, 2.75) is 58.1 Å². The van der Waals surface area contributed by atoms with Crippen molar-refractivity contribution in [3.05, 3.63) is 39.4 Å². The summed E-state index contributed by atoms with van der Waals surface area (Å²) in [6, 6.07) is 3.34. The molecule has 0 radical (unpaired) electrons. The smallest absolute Gasteiger partial charge is 0.399 e. The van der Waals surface area contributed by atoms with E-state index in [1.165, 1.54) is 0 Å². The third-order valence-electron chi connectivity index (χ3n) is 5.80. The highest BCUT2D eigenvalue weighted by atomic mass is 35.5. The maximum Gasteiger partial charge on any atom is 0.494 e. The molecule has 2 aliphatic rings. The van der Waals surface area contributed by atoms with E-state index in [1.807, 2.05) is 41.5 Å². The Morgan fingerprint density at radius 1 is 1.14 bits per heavy atom. The summed E-state index contributed by atoms with van der Waals surface area (Å²) in [4.78, 5) is 17.4. The summed E-state index contributed by atoms with van der Waals surface area (Å²) < 4.78 is 12.1. The van der Waals surface area contributed by atoms with E-state index in [0.717, 1.165) is 5.57 Å². The van der Waals surface area contributed by atoms with E-state index < -0.39 is 18.3 Å². The largest absolute Gasteiger partial charge is 0.494 e. The Balaban J connectivity index is 1.92. The Morgan fingerprint density at radius 2 is 1.66 bits per heavy atom. The molecular weight excluding hydrogens is 431 g/mol. The molecule has 3 rings (SSSR count). The zero-order valence-corrected chi connectivity index (χ0v) is 19.7. The maximum atomic E-state index is 13.1. The van der Waals surface area contributed by atoms with Gasteiger partial charge in [-0.05, 0) is 62.9 Å². The average molecular weight is 457 g/mol. The molecule has 0 spiro atoms. The van der Waals surface area contributed by atoms with Gasteiger partial charge in [0.05, 0.1) is 38.7 Å². The van der Waals surface area contributed by atoms with Crippen molar-refractivity contribution in [3.63, 3.8) is 0 Å². The molecule has 1 aromatic carbocycles. The number of benzene rings is 1. The Bertz CT molecular complexity index is 869. The number of hydrogen-bond donors (Lipinski definition) is 0. The zero-order chi connectivity index (χ0) is 21.7. The lowest BCUT2D eigenvalue weighted by molar-refractivity contribution is 0.00578. The number of carbonyl (C=O) groups is 1. The fraction of sp³-hybridized carbons (Fsp3) is 0.524. The lowest BCUT2D eigenvalue weighted by Gasteiger charge is -2.32. The Morgan fingerprint density at radius 3 is 2.14 bits per heavy atom. The summed E-state index contributed by atoms with van der Waals surface area (Å²) in [5.41, 5.74) is 1.21. The van der Waals surface area contributed by atoms with E-state index in [0.29, 0.717) is 17.7 Å². The minimum atomic E-state index is -0.615. The molecule has 1 atom stereocenters. The second kappa shape index (κ2) is 8.01. The summed E-state index contributed by atoms with van der Waals surface area (Å²) in [5, 5.41) is 0.271. The second-order valence-electron chi connectivity index (χ2n) is 8.77. The van der Waals surface area contributed by atoms with Crippen LogP contribution in [-0.4, -0.2) is 41.7 Å². The number of carbonyl (C=O) groups excluding carboxylic acids is 1. The van der Waals surface area contributed by atoms with Gasteiger partial charge < -0.3 is 9.31 Å². The van der Waals surface area contributed by atoms with Gasteiger partial charge in [0, 0.05) is 0 Å². The fourth-order valence-electron chi connectivity index (χ4n) is 3.30. The van der Waals surface area contributed by atoms with E-state index >= 15 is 0 Å². The van der Waals surface area contributed by atoms with Gasteiger partial charge in [-0.15, -0.1) is 11.6 Å². The SMILES string of the molecule is CC(C)C1=CC(C(=O)c2c(Cl)cc(B3OC(C)(C)C(C)(C)O3)cc2Cl)=NCC1Cl. The molecule has 0 aromatic heterocycles. The Labute approximate surface area is 187 Å². The number of allylic oxidation sites excluding steroid dienone is 1. The van der Waals surface area contributed by atoms with Crippen molar-refractivity contribution in [1.82, 2.24) is 0 Å². The van der Waals surface area contributed by atoms with Crippen LogP contribution in [0.25, 0.3) is 0 Å². The number of Topliss-reactive ketones (excluding diaryl/α,β-unsaturated/α-hetero) is 1. The number of hydrogen-bond acceptors (Lipinski definition) is 4. The maximum absolute atomic E-state index is 13.1. The molecule has 1 aromatic rings. The van der Waals surface area contributed by atoms with Crippen LogP contribution >= 0.6 is 34.8 Å². The van der Waals surface area contributed by atoms with Crippen LogP contribution < -0.4 is 5.46 Å². The predicted molar refractivity (Wildman–Crippen MR) is 121 cm³/mol. The molecule has 8 heteroatoms. The quantitative estimate of drug-likeness (QED) is 0.359. The zero-order valence-electron chi connectivity index (χ0n) is 17.5. The molecule has 2 aliphatic heterocycles. The number of aliphatic imine (C=N–C) groups is 1. The summed E-state index contributed by atoms with van der Waals surface area (Å²) in [5.74, 6) is -0.102.